The van der Waals surface area contributed by atoms with E-state index in [0.29, 0.717) is 28.7 Å². The molecule has 1 unspecified atom stereocenters. The van der Waals surface area contributed by atoms with E-state index in [1.807, 2.05) is 60.7 Å². The highest BCUT2D eigenvalue weighted by Crippen LogP contribution is 2.39. The number of rotatable bonds is 6. The minimum absolute atomic E-state index is 0.175. The Kier molecular flexibility index (Phi) is 6.60. The topological polar surface area (TPSA) is 79.4 Å². The molecule has 0 aliphatic carbocycles. The smallest absolute Gasteiger partial charge is 0.252 e. The molecule has 0 saturated carbocycles. The predicted octanol–water partition coefficient (Wildman–Crippen LogP) is 5.58. The summed E-state index contributed by atoms with van der Waals surface area (Å²) in [6, 6.07) is 23.2. The Morgan fingerprint density at radius 3 is 2.35 bits per heavy atom. The highest BCUT2D eigenvalue weighted by molar-refractivity contribution is 7.91. The fourth-order valence-electron chi connectivity index (χ4n) is 4.07. The maximum atomic E-state index is 13.2. The number of benzene rings is 2. The van der Waals surface area contributed by atoms with Crippen LogP contribution in [0.25, 0.3) is 21.7 Å². The molecule has 1 aliphatic heterocycles. The molecule has 1 fully saturated rings. The molecule has 0 bridgehead atoms. The number of thiazole rings is 1. The number of carbonyl (C=O) groups excluding carboxylic acids is 1. The van der Waals surface area contributed by atoms with Gasteiger partial charge in [0.1, 0.15) is 4.21 Å². The molecule has 9 heteroatoms. The van der Waals surface area contributed by atoms with Gasteiger partial charge in [-0.25, -0.2) is 13.4 Å². The minimum Gasteiger partial charge on any atom is -0.302 e. The third kappa shape index (κ3) is 4.69. The Hall–Kier alpha value is -2.85. The molecular formula is C25H23N3O3S3. The monoisotopic (exact) mass is 509 g/mol. The summed E-state index contributed by atoms with van der Waals surface area (Å²) in [6.07, 6.45) is 1.29. The molecule has 1 atom stereocenters. The summed E-state index contributed by atoms with van der Waals surface area (Å²) in [5, 5.41) is 5.23. The number of thiophene rings is 1. The first-order chi connectivity index (χ1) is 16.5. The van der Waals surface area contributed by atoms with Crippen molar-refractivity contribution >= 4 is 43.7 Å². The molecule has 1 N–H and O–H groups in total. The lowest BCUT2D eigenvalue weighted by molar-refractivity contribution is -0.120. The van der Waals surface area contributed by atoms with Crippen molar-refractivity contribution in [1.29, 1.82) is 0 Å². The van der Waals surface area contributed by atoms with Crippen LogP contribution >= 0.6 is 22.7 Å². The van der Waals surface area contributed by atoms with Crippen LogP contribution in [0.2, 0.25) is 0 Å². The van der Waals surface area contributed by atoms with E-state index >= 15 is 0 Å². The van der Waals surface area contributed by atoms with Crippen LogP contribution in [0.4, 0.5) is 5.13 Å². The van der Waals surface area contributed by atoms with Gasteiger partial charge in [0.2, 0.25) is 5.91 Å². The van der Waals surface area contributed by atoms with Crippen molar-refractivity contribution in [3.63, 3.8) is 0 Å². The van der Waals surface area contributed by atoms with Crippen molar-refractivity contribution in [1.82, 2.24) is 9.29 Å². The Morgan fingerprint density at radius 2 is 1.68 bits per heavy atom. The summed E-state index contributed by atoms with van der Waals surface area (Å²) in [7, 11) is -3.57. The maximum Gasteiger partial charge on any atom is 0.252 e. The molecule has 174 valence electrons. The van der Waals surface area contributed by atoms with E-state index < -0.39 is 15.9 Å². The molecule has 2 aromatic carbocycles. The number of nitrogens with zero attached hydrogens (tertiary/aromatic N) is 2. The number of piperidine rings is 1. The van der Waals surface area contributed by atoms with Crippen LogP contribution in [0, 0.1) is 5.92 Å². The van der Waals surface area contributed by atoms with Gasteiger partial charge < -0.3 is 5.32 Å². The second kappa shape index (κ2) is 9.79. The van der Waals surface area contributed by atoms with E-state index in [2.05, 4.69) is 5.32 Å². The first-order valence-electron chi connectivity index (χ1n) is 11.0. The van der Waals surface area contributed by atoms with E-state index in [1.54, 1.807) is 17.5 Å². The first-order valence-corrected chi connectivity index (χ1v) is 14.1. The quantitative estimate of drug-likeness (QED) is 0.368. The maximum absolute atomic E-state index is 13.2. The van der Waals surface area contributed by atoms with Gasteiger partial charge in [-0.1, -0.05) is 78.1 Å². The lowest BCUT2D eigenvalue weighted by Crippen LogP contribution is -2.43. The largest absolute Gasteiger partial charge is 0.302 e. The number of anilines is 1. The number of hydrogen-bond acceptors (Lipinski definition) is 6. The first kappa shape index (κ1) is 22.9. The van der Waals surface area contributed by atoms with Crippen LogP contribution < -0.4 is 5.32 Å². The van der Waals surface area contributed by atoms with E-state index in [0.717, 1.165) is 21.7 Å². The van der Waals surface area contributed by atoms with Gasteiger partial charge >= 0.3 is 0 Å². The molecule has 6 nitrogen and oxygen atoms in total. The lowest BCUT2D eigenvalue weighted by atomic mass is 9.99. The average molecular weight is 510 g/mol. The average Bonchev–Trinajstić information content (AvgIpc) is 3.56. The number of carbonyl (C=O) groups is 1. The van der Waals surface area contributed by atoms with Gasteiger partial charge in [0.05, 0.1) is 16.5 Å². The van der Waals surface area contributed by atoms with E-state index in [4.69, 9.17) is 4.98 Å². The van der Waals surface area contributed by atoms with Crippen molar-refractivity contribution in [3.05, 3.63) is 78.2 Å². The fourth-order valence-corrected chi connectivity index (χ4v) is 7.73. The highest BCUT2D eigenvalue weighted by Gasteiger charge is 2.34. The van der Waals surface area contributed by atoms with Crippen molar-refractivity contribution in [2.24, 2.45) is 5.92 Å². The van der Waals surface area contributed by atoms with E-state index in [-0.39, 0.29) is 12.5 Å². The zero-order chi connectivity index (χ0) is 23.5. The molecule has 1 aliphatic rings. The normalized spacial score (nSPS) is 16.9. The summed E-state index contributed by atoms with van der Waals surface area (Å²) >= 11 is 2.63. The van der Waals surface area contributed by atoms with Gasteiger partial charge in [-0.2, -0.15) is 4.31 Å². The third-order valence-electron chi connectivity index (χ3n) is 5.78. The SMILES string of the molecule is O=C(Nc1nc(-c2ccccc2)c(-c2ccccc2)s1)C1CCCN(S(=O)(=O)c2cccs2)C1. The van der Waals surface area contributed by atoms with Gasteiger partial charge in [-0.05, 0) is 29.9 Å². The van der Waals surface area contributed by atoms with Crippen molar-refractivity contribution in [2.75, 3.05) is 18.4 Å². The second-order valence-corrected chi connectivity index (χ2v) is 12.2. The number of nitrogens with one attached hydrogen (secondary N) is 1. The van der Waals surface area contributed by atoms with E-state index in [1.165, 1.54) is 27.0 Å². The van der Waals surface area contributed by atoms with Crippen LogP contribution in [-0.2, 0) is 14.8 Å². The molecule has 0 spiro atoms. The standard InChI is InChI=1S/C25H23N3O3S3/c29-24(20-13-7-15-28(17-20)34(30,31)21-14-8-16-32-21)27-25-26-22(18-9-3-1-4-10-18)23(33-25)19-11-5-2-6-12-19/h1-6,8-12,14,16,20H,7,13,15,17H2,(H,26,27,29). The van der Waals surface area contributed by atoms with Crippen LogP contribution in [-0.4, -0.2) is 36.7 Å². The predicted molar refractivity (Wildman–Crippen MR) is 137 cm³/mol. The van der Waals surface area contributed by atoms with Crippen molar-refractivity contribution in [3.8, 4) is 21.7 Å². The number of hydrogen-bond donors (Lipinski definition) is 1. The second-order valence-electron chi connectivity index (χ2n) is 8.05. The third-order valence-corrected chi connectivity index (χ3v) is 10.0. The van der Waals surface area contributed by atoms with Crippen LogP contribution in [0.1, 0.15) is 12.8 Å². The molecule has 1 saturated heterocycles. The summed E-state index contributed by atoms with van der Waals surface area (Å²) in [6.45, 7) is 0.603. The molecule has 4 aromatic rings. The molecule has 34 heavy (non-hydrogen) atoms. The summed E-state index contributed by atoms with van der Waals surface area (Å²) in [5.41, 5.74) is 2.83. The number of sulfonamides is 1. The Morgan fingerprint density at radius 1 is 0.971 bits per heavy atom. The van der Waals surface area contributed by atoms with Crippen LogP contribution in [0.15, 0.2) is 82.4 Å². The van der Waals surface area contributed by atoms with Gasteiger partial charge in [0.15, 0.2) is 5.13 Å². The Balaban J connectivity index is 1.38. The molecule has 1 amide bonds. The molecular weight excluding hydrogens is 486 g/mol. The summed E-state index contributed by atoms with van der Waals surface area (Å²) in [4.78, 5) is 18.9. The Labute approximate surface area is 207 Å². The Bertz CT molecular complexity index is 1310. The number of amides is 1. The van der Waals surface area contributed by atoms with Crippen LogP contribution in [0.5, 0.6) is 0 Å². The number of aromatic nitrogens is 1. The van der Waals surface area contributed by atoms with Crippen molar-refractivity contribution < 1.29 is 13.2 Å². The van der Waals surface area contributed by atoms with E-state index in [9.17, 15) is 13.2 Å². The van der Waals surface area contributed by atoms with Gasteiger partial charge in [-0.15, -0.1) is 11.3 Å². The molecule has 3 heterocycles. The van der Waals surface area contributed by atoms with Gasteiger partial charge in [0.25, 0.3) is 10.0 Å². The zero-order valence-electron chi connectivity index (χ0n) is 18.3. The zero-order valence-corrected chi connectivity index (χ0v) is 20.7. The lowest BCUT2D eigenvalue weighted by Gasteiger charge is -2.30. The molecule has 5 rings (SSSR count). The summed E-state index contributed by atoms with van der Waals surface area (Å²) < 4.78 is 27.6. The molecule has 2 aromatic heterocycles. The van der Waals surface area contributed by atoms with Gasteiger partial charge in [-0.3, -0.25) is 4.79 Å². The molecule has 0 radical (unpaired) electrons. The highest BCUT2D eigenvalue weighted by atomic mass is 32.2. The fraction of sp³-hybridized carbons (Fsp3) is 0.200. The summed E-state index contributed by atoms with van der Waals surface area (Å²) in [5.74, 6) is -0.619. The van der Waals surface area contributed by atoms with Gasteiger partial charge in [0, 0.05) is 18.7 Å². The van der Waals surface area contributed by atoms with Crippen molar-refractivity contribution in [2.45, 2.75) is 17.1 Å². The minimum atomic E-state index is -3.57. The van der Waals surface area contributed by atoms with Crippen LogP contribution in [0.3, 0.4) is 0 Å².